The third-order valence-electron chi connectivity index (χ3n) is 2.58. The Morgan fingerprint density at radius 3 is 2.75 bits per heavy atom. The van der Waals surface area contributed by atoms with E-state index in [0.717, 1.165) is 0 Å². The molecule has 0 saturated carbocycles. The molecule has 16 heavy (non-hydrogen) atoms. The van der Waals surface area contributed by atoms with Gasteiger partial charge in [-0.1, -0.05) is 0 Å². The Labute approximate surface area is 91.7 Å². The highest BCUT2D eigenvalue weighted by molar-refractivity contribution is 5.87. The minimum atomic E-state index is -1.12. The van der Waals surface area contributed by atoms with E-state index in [4.69, 9.17) is 15.6 Å². The fourth-order valence-corrected chi connectivity index (χ4v) is 1.66. The minimum Gasteiger partial charge on any atom is -0.394 e. The summed E-state index contributed by atoms with van der Waals surface area (Å²) in [6.07, 6.45) is -2.41. The first-order valence-electron chi connectivity index (χ1n) is 4.86. The van der Waals surface area contributed by atoms with Crippen molar-refractivity contribution >= 4 is 12.3 Å². The maximum absolute atomic E-state index is 9.71. The molecular formula is C8H14N4O4. The van der Waals surface area contributed by atoms with Gasteiger partial charge >= 0.3 is 0 Å². The standard InChI is InChI=1S/C8H14N4O4/c9-8-10-2-12(3-11-8)7-6(15)5(14)4(1-13)16-7/h2,4-7,13-15H,1,3H2,(H2,9,11)/t4-,5?,6-,7?/m1/s1. The van der Waals surface area contributed by atoms with Crippen molar-refractivity contribution in [3.8, 4) is 0 Å². The smallest absolute Gasteiger partial charge is 0.218 e. The molecule has 0 amide bonds. The summed E-state index contributed by atoms with van der Waals surface area (Å²) >= 11 is 0. The van der Waals surface area contributed by atoms with Gasteiger partial charge in [-0.25, -0.2) is 9.98 Å². The second kappa shape index (κ2) is 4.34. The van der Waals surface area contributed by atoms with Gasteiger partial charge in [0.25, 0.3) is 0 Å². The van der Waals surface area contributed by atoms with Gasteiger partial charge in [0.05, 0.1) is 12.9 Å². The highest BCUT2D eigenvalue weighted by Crippen LogP contribution is 2.23. The van der Waals surface area contributed by atoms with Crippen molar-refractivity contribution in [3.05, 3.63) is 0 Å². The monoisotopic (exact) mass is 230 g/mol. The number of aliphatic hydroxyl groups excluding tert-OH is 3. The van der Waals surface area contributed by atoms with Crippen LogP contribution < -0.4 is 5.73 Å². The first kappa shape index (κ1) is 11.3. The van der Waals surface area contributed by atoms with E-state index in [1.165, 1.54) is 11.2 Å². The third-order valence-corrected chi connectivity index (χ3v) is 2.58. The van der Waals surface area contributed by atoms with Crippen LogP contribution in [0, 0.1) is 0 Å². The molecule has 0 aromatic rings. The van der Waals surface area contributed by atoms with E-state index in [1.54, 1.807) is 0 Å². The van der Waals surface area contributed by atoms with Crippen LogP contribution in [0.3, 0.4) is 0 Å². The average molecular weight is 230 g/mol. The summed E-state index contributed by atoms with van der Waals surface area (Å²) < 4.78 is 5.28. The van der Waals surface area contributed by atoms with Crippen molar-refractivity contribution in [3.63, 3.8) is 0 Å². The third kappa shape index (κ3) is 1.87. The van der Waals surface area contributed by atoms with Gasteiger partial charge in [-0.15, -0.1) is 0 Å². The summed E-state index contributed by atoms with van der Waals surface area (Å²) in [5, 5.41) is 28.2. The molecule has 0 radical (unpaired) electrons. The maximum Gasteiger partial charge on any atom is 0.218 e. The van der Waals surface area contributed by atoms with E-state index < -0.39 is 24.5 Å². The van der Waals surface area contributed by atoms with Gasteiger partial charge in [0.1, 0.15) is 25.0 Å². The van der Waals surface area contributed by atoms with E-state index in [2.05, 4.69) is 9.98 Å². The number of ether oxygens (including phenoxy) is 1. The molecule has 1 fully saturated rings. The Hall–Kier alpha value is -1.22. The molecule has 0 aromatic carbocycles. The van der Waals surface area contributed by atoms with Crippen LogP contribution in [-0.4, -0.2) is 70.3 Å². The predicted octanol–water partition coefficient (Wildman–Crippen LogP) is -2.96. The molecule has 4 atom stereocenters. The summed E-state index contributed by atoms with van der Waals surface area (Å²) in [5.74, 6) is 0.156. The summed E-state index contributed by atoms with van der Waals surface area (Å²) in [6, 6.07) is 0. The molecule has 2 unspecified atom stereocenters. The Balaban J connectivity index is 2.04. The lowest BCUT2D eigenvalue weighted by Crippen LogP contribution is -2.45. The SMILES string of the molecule is NC1=NCN(C2O[C@H](CO)C(O)[C@H]2O)C=N1. The highest BCUT2D eigenvalue weighted by Gasteiger charge is 2.44. The van der Waals surface area contributed by atoms with Gasteiger partial charge in [-0.3, -0.25) is 0 Å². The first-order chi connectivity index (χ1) is 7.63. The number of aliphatic hydroxyl groups is 3. The number of guanidine groups is 1. The number of aliphatic imine (C=N–C) groups is 2. The summed E-state index contributed by atoms with van der Waals surface area (Å²) in [4.78, 5) is 9.11. The van der Waals surface area contributed by atoms with Crippen molar-refractivity contribution in [1.82, 2.24) is 4.90 Å². The maximum atomic E-state index is 9.71. The van der Waals surface area contributed by atoms with Crippen molar-refractivity contribution in [1.29, 1.82) is 0 Å². The molecule has 1 saturated heterocycles. The van der Waals surface area contributed by atoms with Gasteiger partial charge in [-0.05, 0) is 0 Å². The molecule has 8 nitrogen and oxygen atoms in total. The summed E-state index contributed by atoms with van der Waals surface area (Å²) in [5.41, 5.74) is 5.34. The van der Waals surface area contributed by atoms with E-state index in [9.17, 15) is 10.2 Å². The van der Waals surface area contributed by atoms with E-state index in [-0.39, 0.29) is 19.2 Å². The van der Waals surface area contributed by atoms with Gasteiger partial charge in [0.2, 0.25) is 5.96 Å². The lowest BCUT2D eigenvalue weighted by Gasteiger charge is -2.28. The number of nitrogens with two attached hydrogens (primary N) is 1. The molecule has 8 heteroatoms. The van der Waals surface area contributed by atoms with Crippen LogP contribution >= 0.6 is 0 Å². The number of hydrogen-bond donors (Lipinski definition) is 4. The molecule has 90 valence electrons. The van der Waals surface area contributed by atoms with E-state index in [1.807, 2.05) is 0 Å². The molecule has 2 aliphatic rings. The first-order valence-corrected chi connectivity index (χ1v) is 4.86. The zero-order chi connectivity index (χ0) is 11.7. The van der Waals surface area contributed by atoms with Gasteiger partial charge in [0.15, 0.2) is 6.23 Å². The second-order valence-corrected chi connectivity index (χ2v) is 3.65. The van der Waals surface area contributed by atoms with Crippen LogP contribution in [-0.2, 0) is 4.74 Å². The lowest BCUT2D eigenvalue weighted by molar-refractivity contribution is -0.0693. The van der Waals surface area contributed by atoms with E-state index in [0.29, 0.717) is 0 Å². The van der Waals surface area contributed by atoms with Gasteiger partial charge < -0.3 is 30.7 Å². The van der Waals surface area contributed by atoms with Crippen molar-refractivity contribution in [2.45, 2.75) is 24.5 Å². The summed E-state index contributed by atoms with van der Waals surface area (Å²) in [7, 11) is 0. The molecule has 2 heterocycles. The van der Waals surface area contributed by atoms with Crippen LogP contribution in [0.25, 0.3) is 0 Å². The Kier molecular flexibility index (Phi) is 3.06. The summed E-state index contributed by atoms with van der Waals surface area (Å²) in [6.45, 7) is -0.160. The number of nitrogens with zero attached hydrogens (tertiary/aromatic N) is 3. The topological polar surface area (TPSA) is 124 Å². The fourth-order valence-electron chi connectivity index (χ4n) is 1.66. The number of rotatable bonds is 2. The van der Waals surface area contributed by atoms with Crippen LogP contribution in [0.15, 0.2) is 9.98 Å². The number of hydrogen-bond acceptors (Lipinski definition) is 8. The largest absolute Gasteiger partial charge is 0.394 e. The molecule has 5 N–H and O–H groups in total. The second-order valence-electron chi connectivity index (χ2n) is 3.65. The normalized spacial score (nSPS) is 38.9. The zero-order valence-corrected chi connectivity index (χ0v) is 8.47. The van der Waals surface area contributed by atoms with Crippen LogP contribution in [0.2, 0.25) is 0 Å². The lowest BCUT2D eigenvalue weighted by atomic mass is 10.1. The van der Waals surface area contributed by atoms with Crippen molar-refractivity contribution < 1.29 is 20.1 Å². The molecule has 0 spiro atoms. The Morgan fingerprint density at radius 2 is 2.25 bits per heavy atom. The van der Waals surface area contributed by atoms with Gasteiger partial charge in [0, 0.05) is 0 Å². The molecule has 0 aromatic heterocycles. The van der Waals surface area contributed by atoms with E-state index >= 15 is 0 Å². The zero-order valence-electron chi connectivity index (χ0n) is 8.47. The predicted molar refractivity (Wildman–Crippen MR) is 54.6 cm³/mol. The molecule has 2 rings (SSSR count). The minimum absolute atomic E-state index is 0.156. The van der Waals surface area contributed by atoms with Gasteiger partial charge in [-0.2, -0.15) is 0 Å². The van der Waals surface area contributed by atoms with Crippen LogP contribution in [0.5, 0.6) is 0 Å². The fraction of sp³-hybridized carbons (Fsp3) is 0.750. The average Bonchev–Trinajstić information content (AvgIpc) is 2.57. The molecule has 2 aliphatic heterocycles. The Morgan fingerprint density at radius 1 is 1.50 bits per heavy atom. The highest BCUT2D eigenvalue weighted by atomic mass is 16.6. The molecule has 0 bridgehead atoms. The van der Waals surface area contributed by atoms with Crippen LogP contribution in [0.1, 0.15) is 0 Å². The van der Waals surface area contributed by atoms with Crippen LogP contribution in [0.4, 0.5) is 0 Å². The Bertz CT molecular complexity index is 321. The quantitative estimate of drug-likeness (QED) is 0.402. The molecular weight excluding hydrogens is 216 g/mol. The van der Waals surface area contributed by atoms with Crippen molar-refractivity contribution in [2.24, 2.45) is 15.7 Å². The molecule has 0 aliphatic carbocycles. The van der Waals surface area contributed by atoms with Crippen molar-refractivity contribution in [2.75, 3.05) is 13.3 Å².